The van der Waals surface area contributed by atoms with Crippen LogP contribution in [0.5, 0.6) is 0 Å². The highest BCUT2D eigenvalue weighted by Crippen LogP contribution is 2.24. The first kappa shape index (κ1) is 13.7. The van der Waals surface area contributed by atoms with Crippen molar-refractivity contribution in [2.24, 2.45) is 0 Å². The van der Waals surface area contributed by atoms with E-state index < -0.39 is 0 Å². The fourth-order valence-corrected chi connectivity index (χ4v) is 1.88. The molecular weight excluding hydrogens is 256 g/mol. The van der Waals surface area contributed by atoms with Crippen LogP contribution < -0.4 is 5.32 Å². The summed E-state index contributed by atoms with van der Waals surface area (Å²) in [5, 5.41) is 2.64. The molecule has 1 aliphatic heterocycles. The fourth-order valence-electron chi connectivity index (χ4n) is 1.88. The Bertz CT molecular complexity index is 645. The molecule has 0 saturated heterocycles. The molecule has 0 radical (unpaired) electrons. The summed E-state index contributed by atoms with van der Waals surface area (Å²) in [7, 11) is 1.43. The van der Waals surface area contributed by atoms with Crippen molar-refractivity contribution in [1.82, 2.24) is 4.90 Å². The Morgan fingerprint density at radius 2 is 1.85 bits per heavy atom. The minimum Gasteiger partial charge on any atom is -0.322 e. The molecule has 1 aliphatic rings. The molecule has 102 valence electrons. The third-order valence-electron chi connectivity index (χ3n) is 2.91. The standard InChI is InChI=1S/C15H14N2O3/c1-3-4-5-6-13(18)16-10-7-8-11-12(9-10)15(20)17(2)14(11)19/h3-9H,1-2H3,(H,16,18). The van der Waals surface area contributed by atoms with Crippen LogP contribution in [-0.4, -0.2) is 29.7 Å². The number of hydrogen-bond acceptors (Lipinski definition) is 3. The Morgan fingerprint density at radius 3 is 2.55 bits per heavy atom. The monoisotopic (exact) mass is 270 g/mol. The Kier molecular flexibility index (Phi) is 3.79. The second-order valence-corrected chi connectivity index (χ2v) is 4.30. The van der Waals surface area contributed by atoms with Crippen LogP contribution in [-0.2, 0) is 4.79 Å². The zero-order valence-corrected chi connectivity index (χ0v) is 11.2. The number of carbonyl (C=O) groups is 3. The smallest absolute Gasteiger partial charge is 0.261 e. The van der Waals surface area contributed by atoms with Gasteiger partial charge in [-0.15, -0.1) is 0 Å². The van der Waals surface area contributed by atoms with Crippen LogP contribution in [0, 0.1) is 0 Å². The minimum atomic E-state index is -0.356. The molecule has 0 atom stereocenters. The van der Waals surface area contributed by atoms with Gasteiger partial charge in [-0.2, -0.15) is 0 Å². The number of nitrogens with one attached hydrogen (secondary N) is 1. The van der Waals surface area contributed by atoms with Gasteiger partial charge < -0.3 is 5.32 Å². The van der Waals surface area contributed by atoms with Gasteiger partial charge in [0.15, 0.2) is 0 Å². The van der Waals surface area contributed by atoms with Gasteiger partial charge in [0.1, 0.15) is 0 Å². The number of imide groups is 1. The lowest BCUT2D eigenvalue weighted by atomic mass is 10.1. The number of anilines is 1. The zero-order chi connectivity index (χ0) is 14.7. The fraction of sp³-hybridized carbons (Fsp3) is 0.133. The van der Waals surface area contributed by atoms with Crippen molar-refractivity contribution in [2.45, 2.75) is 6.92 Å². The molecule has 0 saturated carbocycles. The number of carbonyl (C=O) groups excluding carboxylic acids is 3. The van der Waals surface area contributed by atoms with E-state index in [1.807, 2.05) is 6.92 Å². The van der Waals surface area contributed by atoms with Gasteiger partial charge in [0, 0.05) is 18.8 Å². The zero-order valence-electron chi connectivity index (χ0n) is 11.2. The predicted octanol–water partition coefficient (Wildman–Crippen LogP) is 1.98. The average Bonchev–Trinajstić information content (AvgIpc) is 2.64. The summed E-state index contributed by atoms with van der Waals surface area (Å²) in [6.45, 7) is 1.85. The number of rotatable bonds is 3. The first-order valence-corrected chi connectivity index (χ1v) is 6.11. The number of allylic oxidation sites excluding steroid dienone is 3. The van der Waals surface area contributed by atoms with Crippen molar-refractivity contribution < 1.29 is 14.4 Å². The second-order valence-electron chi connectivity index (χ2n) is 4.30. The first-order valence-electron chi connectivity index (χ1n) is 6.11. The number of amides is 3. The van der Waals surface area contributed by atoms with E-state index in [4.69, 9.17) is 0 Å². The number of hydrogen-bond donors (Lipinski definition) is 1. The molecule has 0 unspecified atom stereocenters. The molecule has 0 fully saturated rings. The van der Waals surface area contributed by atoms with Gasteiger partial charge in [-0.1, -0.05) is 18.2 Å². The molecule has 0 aliphatic carbocycles. The first-order chi connectivity index (χ1) is 9.54. The van der Waals surface area contributed by atoms with E-state index in [1.165, 1.54) is 19.2 Å². The topological polar surface area (TPSA) is 66.5 Å². The molecule has 0 spiro atoms. The Morgan fingerprint density at radius 1 is 1.15 bits per heavy atom. The number of benzene rings is 1. The van der Waals surface area contributed by atoms with E-state index in [-0.39, 0.29) is 17.7 Å². The molecular formula is C15H14N2O3. The summed E-state index contributed by atoms with van der Waals surface area (Å²) in [5.41, 5.74) is 1.16. The predicted molar refractivity (Wildman–Crippen MR) is 75.4 cm³/mol. The quantitative estimate of drug-likeness (QED) is 0.519. The van der Waals surface area contributed by atoms with Gasteiger partial charge in [-0.3, -0.25) is 19.3 Å². The van der Waals surface area contributed by atoms with Crippen LogP contribution >= 0.6 is 0 Å². The normalized spacial score (nSPS) is 14.4. The summed E-state index contributed by atoms with van der Waals surface area (Å²) in [6.07, 6.45) is 6.54. The summed E-state index contributed by atoms with van der Waals surface area (Å²) < 4.78 is 0. The van der Waals surface area contributed by atoms with Crippen LogP contribution in [0.2, 0.25) is 0 Å². The van der Waals surface area contributed by atoms with E-state index in [1.54, 1.807) is 30.4 Å². The third kappa shape index (κ3) is 2.51. The highest BCUT2D eigenvalue weighted by molar-refractivity contribution is 6.21. The van der Waals surface area contributed by atoms with Gasteiger partial charge >= 0.3 is 0 Å². The summed E-state index contributed by atoms with van der Waals surface area (Å²) in [4.78, 5) is 36.2. The van der Waals surface area contributed by atoms with E-state index >= 15 is 0 Å². The highest BCUT2D eigenvalue weighted by atomic mass is 16.2. The minimum absolute atomic E-state index is 0.298. The lowest BCUT2D eigenvalue weighted by molar-refractivity contribution is -0.111. The van der Waals surface area contributed by atoms with Gasteiger partial charge in [0.25, 0.3) is 11.8 Å². The third-order valence-corrected chi connectivity index (χ3v) is 2.91. The maximum Gasteiger partial charge on any atom is 0.261 e. The molecule has 20 heavy (non-hydrogen) atoms. The maximum absolute atomic E-state index is 11.8. The van der Waals surface area contributed by atoms with Crippen LogP contribution in [0.4, 0.5) is 5.69 Å². The SMILES string of the molecule is CC=CC=CC(=O)Nc1ccc2c(c1)C(=O)N(C)C2=O. The summed E-state index contributed by atoms with van der Waals surface area (Å²) in [5.74, 6) is -0.977. The molecule has 3 amide bonds. The molecule has 1 N–H and O–H groups in total. The van der Waals surface area contributed by atoms with Crippen molar-refractivity contribution in [1.29, 1.82) is 0 Å². The van der Waals surface area contributed by atoms with Gasteiger partial charge in [-0.05, 0) is 25.1 Å². The summed E-state index contributed by atoms with van der Waals surface area (Å²) >= 11 is 0. The van der Waals surface area contributed by atoms with Crippen molar-refractivity contribution >= 4 is 23.4 Å². The van der Waals surface area contributed by atoms with Gasteiger partial charge in [0.05, 0.1) is 11.1 Å². The van der Waals surface area contributed by atoms with Crippen molar-refractivity contribution in [2.75, 3.05) is 12.4 Å². The van der Waals surface area contributed by atoms with Gasteiger partial charge in [0.2, 0.25) is 5.91 Å². The lowest BCUT2D eigenvalue weighted by Crippen LogP contribution is -2.24. The summed E-state index contributed by atoms with van der Waals surface area (Å²) in [6, 6.07) is 4.66. The maximum atomic E-state index is 11.8. The molecule has 1 heterocycles. The largest absolute Gasteiger partial charge is 0.322 e. The van der Waals surface area contributed by atoms with Crippen LogP contribution in [0.15, 0.2) is 42.5 Å². The van der Waals surface area contributed by atoms with Crippen molar-refractivity contribution in [3.8, 4) is 0 Å². The van der Waals surface area contributed by atoms with Gasteiger partial charge in [-0.25, -0.2) is 0 Å². The van der Waals surface area contributed by atoms with Crippen molar-refractivity contribution in [3.05, 3.63) is 53.6 Å². The average molecular weight is 270 g/mol. The molecule has 2 rings (SSSR count). The van der Waals surface area contributed by atoms with Crippen LogP contribution in [0.25, 0.3) is 0 Å². The number of nitrogens with zero attached hydrogens (tertiary/aromatic N) is 1. The Labute approximate surface area is 116 Å². The molecule has 5 nitrogen and oxygen atoms in total. The van der Waals surface area contributed by atoms with E-state index in [0.717, 1.165) is 4.90 Å². The molecule has 1 aromatic rings. The van der Waals surface area contributed by atoms with Crippen LogP contribution in [0.3, 0.4) is 0 Å². The molecule has 0 aromatic heterocycles. The Balaban J connectivity index is 2.19. The van der Waals surface area contributed by atoms with E-state index in [2.05, 4.69) is 5.32 Å². The van der Waals surface area contributed by atoms with Crippen LogP contribution in [0.1, 0.15) is 27.6 Å². The lowest BCUT2D eigenvalue weighted by Gasteiger charge is -2.03. The van der Waals surface area contributed by atoms with Crippen molar-refractivity contribution in [3.63, 3.8) is 0 Å². The molecule has 1 aromatic carbocycles. The Hall–Kier alpha value is -2.69. The van der Waals surface area contributed by atoms with E-state index in [0.29, 0.717) is 16.8 Å². The highest BCUT2D eigenvalue weighted by Gasteiger charge is 2.32. The molecule has 5 heteroatoms. The number of fused-ring (bicyclic) bond motifs is 1. The van der Waals surface area contributed by atoms with E-state index in [9.17, 15) is 14.4 Å². The second kappa shape index (κ2) is 5.52. The molecule has 0 bridgehead atoms.